The predicted octanol–water partition coefficient (Wildman–Crippen LogP) is 4.03. The lowest BCUT2D eigenvalue weighted by Crippen LogP contribution is -2.42. The number of thiazole rings is 1. The van der Waals surface area contributed by atoms with Crippen LogP contribution in [-0.4, -0.2) is 11.0 Å². The molecule has 0 saturated heterocycles. The van der Waals surface area contributed by atoms with Crippen LogP contribution >= 0.6 is 11.3 Å². The van der Waals surface area contributed by atoms with Gasteiger partial charge in [-0.2, -0.15) is 0 Å². The summed E-state index contributed by atoms with van der Waals surface area (Å²) in [6.45, 7) is 8.98. The Morgan fingerprint density at radius 1 is 1.41 bits per heavy atom. The van der Waals surface area contributed by atoms with Crippen LogP contribution in [0, 0.1) is 0 Å². The van der Waals surface area contributed by atoms with Crippen molar-refractivity contribution in [3.05, 3.63) is 16.1 Å². The first-order valence-electron chi connectivity index (χ1n) is 6.85. The van der Waals surface area contributed by atoms with Crippen molar-refractivity contribution in [2.24, 2.45) is 0 Å². The third-order valence-electron chi connectivity index (χ3n) is 3.79. The Morgan fingerprint density at radius 3 is 2.47 bits per heavy atom. The Bertz CT molecular complexity index is 362. The fourth-order valence-corrected chi connectivity index (χ4v) is 3.50. The van der Waals surface area contributed by atoms with Crippen molar-refractivity contribution >= 4 is 11.3 Å². The van der Waals surface area contributed by atoms with Gasteiger partial charge in [-0.3, -0.25) is 0 Å². The van der Waals surface area contributed by atoms with Gasteiger partial charge in [-0.05, 0) is 31.6 Å². The topological polar surface area (TPSA) is 24.9 Å². The van der Waals surface area contributed by atoms with Crippen LogP contribution < -0.4 is 5.32 Å². The van der Waals surface area contributed by atoms with Crippen molar-refractivity contribution in [2.45, 2.75) is 70.9 Å². The molecule has 1 N–H and O–H groups in total. The summed E-state index contributed by atoms with van der Waals surface area (Å²) in [6, 6.07) is 0.737. The molecule has 2 nitrogen and oxygen atoms in total. The molecule has 1 aromatic rings. The third-order valence-corrected chi connectivity index (χ3v) is 4.85. The van der Waals surface area contributed by atoms with Gasteiger partial charge >= 0.3 is 0 Å². The van der Waals surface area contributed by atoms with Gasteiger partial charge in [0.15, 0.2) is 0 Å². The average molecular weight is 252 g/mol. The fraction of sp³-hybridized carbons (Fsp3) is 0.786. The zero-order chi connectivity index (χ0) is 12.5. The monoisotopic (exact) mass is 252 g/mol. The zero-order valence-corrected chi connectivity index (χ0v) is 12.2. The smallest absolute Gasteiger partial charge is 0.113 e. The standard InChI is InChI=1S/C14H24N2S/c1-5-14(6-2,16-11-7-8-11)13-15-12(9-17-13)10(3)4/h9-11,16H,5-8H2,1-4H3. The number of nitrogens with zero attached hydrogens (tertiary/aromatic N) is 1. The van der Waals surface area contributed by atoms with Crippen molar-refractivity contribution in [2.75, 3.05) is 0 Å². The van der Waals surface area contributed by atoms with Gasteiger partial charge in [-0.1, -0.05) is 27.7 Å². The highest BCUT2D eigenvalue weighted by atomic mass is 32.1. The van der Waals surface area contributed by atoms with E-state index in [-0.39, 0.29) is 5.54 Å². The Morgan fingerprint density at radius 2 is 2.06 bits per heavy atom. The van der Waals surface area contributed by atoms with Crippen molar-refractivity contribution < 1.29 is 0 Å². The molecule has 1 aliphatic rings. The molecule has 0 unspecified atom stereocenters. The second-order valence-electron chi connectivity index (χ2n) is 5.44. The second-order valence-corrected chi connectivity index (χ2v) is 6.30. The Hall–Kier alpha value is -0.410. The molecule has 0 amide bonds. The zero-order valence-electron chi connectivity index (χ0n) is 11.4. The number of nitrogens with one attached hydrogen (secondary N) is 1. The van der Waals surface area contributed by atoms with Gasteiger partial charge in [-0.25, -0.2) is 4.98 Å². The van der Waals surface area contributed by atoms with E-state index in [1.54, 1.807) is 0 Å². The number of rotatable bonds is 6. The summed E-state index contributed by atoms with van der Waals surface area (Å²) in [7, 11) is 0. The quantitative estimate of drug-likeness (QED) is 0.826. The van der Waals surface area contributed by atoms with E-state index in [2.05, 4.69) is 38.4 Å². The van der Waals surface area contributed by atoms with E-state index in [1.165, 1.54) is 23.5 Å². The van der Waals surface area contributed by atoms with E-state index in [0.717, 1.165) is 18.9 Å². The van der Waals surface area contributed by atoms with Crippen molar-refractivity contribution in [3.63, 3.8) is 0 Å². The van der Waals surface area contributed by atoms with Gasteiger partial charge in [0, 0.05) is 11.4 Å². The number of aromatic nitrogens is 1. The van der Waals surface area contributed by atoms with E-state index in [1.807, 2.05) is 11.3 Å². The minimum atomic E-state index is 0.124. The van der Waals surface area contributed by atoms with Gasteiger partial charge in [0.1, 0.15) is 5.01 Å². The maximum absolute atomic E-state index is 4.86. The number of hydrogen-bond acceptors (Lipinski definition) is 3. The summed E-state index contributed by atoms with van der Waals surface area (Å²) in [5.41, 5.74) is 1.37. The summed E-state index contributed by atoms with van der Waals surface area (Å²) >= 11 is 1.83. The molecular formula is C14H24N2S. The van der Waals surface area contributed by atoms with Crippen LogP contribution in [0.4, 0.5) is 0 Å². The molecule has 1 saturated carbocycles. The summed E-state index contributed by atoms with van der Waals surface area (Å²) in [5.74, 6) is 0.535. The highest BCUT2D eigenvalue weighted by Crippen LogP contribution is 2.36. The third kappa shape index (κ3) is 2.71. The maximum atomic E-state index is 4.86. The lowest BCUT2D eigenvalue weighted by molar-refractivity contribution is 0.303. The highest BCUT2D eigenvalue weighted by molar-refractivity contribution is 7.09. The van der Waals surface area contributed by atoms with Gasteiger partial charge in [0.2, 0.25) is 0 Å². The molecule has 3 heteroatoms. The maximum Gasteiger partial charge on any atom is 0.113 e. The van der Waals surface area contributed by atoms with Crippen LogP contribution in [0.3, 0.4) is 0 Å². The molecule has 0 spiro atoms. The first-order valence-corrected chi connectivity index (χ1v) is 7.73. The molecule has 0 bridgehead atoms. The molecule has 1 aromatic heterocycles. The van der Waals surface area contributed by atoms with Gasteiger partial charge in [0.25, 0.3) is 0 Å². The minimum absolute atomic E-state index is 0.124. The molecule has 1 heterocycles. The lowest BCUT2D eigenvalue weighted by atomic mass is 9.93. The Balaban J connectivity index is 2.23. The molecule has 2 rings (SSSR count). The molecule has 1 aliphatic carbocycles. The van der Waals surface area contributed by atoms with Crippen LogP contribution in [0.25, 0.3) is 0 Å². The summed E-state index contributed by atoms with van der Waals surface area (Å²) in [5, 5.41) is 7.34. The second kappa shape index (κ2) is 5.07. The number of hydrogen-bond donors (Lipinski definition) is 1. The normalized spacial score (nSPS) is 16.8. The molecule has 0 radical (unpaired) electrons. The predicted molar refractivity (Wildman–Crippen MR) is 74.6 cm³/mol. The molecule has 0 aliphatic heterocycles. The molecular weight excluding hydrogens is 228 g/mol. The molecule has 1 fully saturated rings. The van der Waals surface area contributed by atoms with Crippen molar-refractivity contribution in [3.8, 4) is 0 Å². The van der Waals surface area contributed by atoms with E-state index in [9.17, 15) is 0 Å². The summed E-state index contributed by atoms with van der Waals surface area (Å²) in [4.78, 5) is 4.86. The van der Waals surface area contributed by atoms with E-state index in [0.29, 0.717) is 5.92 Å². The first-order chi connectivity index (χ1) is 8.11. The van der Waals surface area contributed by atoms with E-state index in [4.69, 9.17) is 4.98 Å². The van der Waals surface area contributed by atoms with Crippen LogP contribution in [0.1, 0.15) is 70.0 Å². The van der Waals surface area contributed by atoms with Crippen LogP contribution in [0.5, 0.6) is 0 Å². The lowest BCUT2D eigenvalue weighted by Gasteiger charge is -2.31. The molecule has 96 valence electrons. The van der Waals surface area contributed by atoms with Gasteiger partial charge in [-0.15, -0.1) is 11.3 Å². The van der Waals surface area contributed by atoms with Crippen molar-refractivity contribution in [1.82, 2.24) is 10.3 Å². The van der Waals surface area contributed by atoms with Crippen LogP contribution in [0.15, 0.2) is 5.38 Å². The molecule has 0 aromatic carbocycles. The molecule has 0 atom stereocenters. The fourth-order valence-electron chi connectivity index (χ4n) is 2.21. The SMILES string of the molecule is CCC(CC)(NC1CC1)c1nc(C(C)C)cs1. The average Bonchev–Trinajstić information content (AvgIpc) is 2.98. The van der Waals surface area contributed by atoms with Gasteiger partial charge in [0.05, 0.1) is 11.2 Å². The Labute approximate surface area is 109 Å². The molecule has 17 heavy (non-hydrogen) atoms. The highest BCUT2D eigenvalue weighted by Gasteiger charge is 2.37. The van der Waals surface area contributed by atoms with E-state index < -0.39 is 0 Å². The van der Waals surface area contributed by atoms with Gasteiger partial charge < -0.3 is 5.32 Å². The van der Waals surface area contributed by atoms with Crippen LogP contribution in [0.2, 0.25) is 0 Å². The first kappa shape index (κ1) is 13.0. The minimum Gasteiger partial charge on any atom is -0.303 e. The summed E-state index contributed by atoms with van der Waals surface area (Å²) < 4.78 is 0. The van der Waals surface area contributed by atoms with Crippen molar-refractivity contribution in [1.29, 1.82) is 0 Å². The van der Waals surface area contributed by atoms with E-state index >= 15 is 0 Å². The largest absolute Gasteiger partial charge is 0.303 e. The summed E-state index contributed by atoms with van der Waals surface area (Å²) in [6.07, 6.45) is 4.93. The Kier molecular flexibility index (Phi) is 3.88. The van der Waals surface area contributed by atoms with Crippen LogP contribution in [-0.2, 0) is 5.54 Å².